The topological polar surface area (TPSA) is 90.0 Å². The minimum absolute atomic E-state index is 0.132. The average molecular weight is 366 g/mol. The number of nitrogens with zero attached hydrogens (tertiary/aromatic N) is 3. The lowest BCUT2D eigenvalue weighted by Gasteiger charge is -2.21. The smallest absolute Gasteiger partial charge is 0.348 e. The fraction of sp³-hybridized carbons (Fsp3) is 0.300. The first-order valence-electron chi connectivity index (χ1n) is 8.87. The number of hydrogen-bond acceptors (Lipinski definition) is 5. The molecule has 1 aromatic carbocycles. The highest BCUT2D eigenvalue weighted by atomic mass is 16.5. The summed E-state index contributed by atoms with van der Waals surface area (Å²) in [4.78, 5) is 28.8. The molecule has 0 aliphatic heterocycles. The Morgan fingerprint density at radius 3 is 2.56 bits per heavy atom. The Labute approximate surface area is 157 Å². The summed E-state index contributed by atoms with van der Waals surface area (Å²) in [5.41, 5.74) is 1.50. The molecule has 0 bridgehead atoms. The van der Waals surface area contributed by atoms with Crippen molar-refractivity contribution in [2.45, 2.75) is 32.9 Å². The van der Waals surface area contributed by atoms with Crippen LogP contribution in [0.5, 0.6) is 0 Å². The molecule has 0 saturated heterocycles. The van der Waals surface area contributed by atoms with Gasteiger partial charge in [0.1, 0.15) is 12.2 Å². The van der Waals surface area contributed by atoms with E-state index in [0.717, 1.165) is 12.0 Å². The Kier molecular flexibility index (Phi) is 5.80. The number of nitrogens with one attached hydrogen (secondary N) is 1. The first-order chi connectivity index (χ1) is 13.0. The van der Waals surface area contributed by atoms with E-state index in [4.69, 9.17) is 4.52 Å². The van der Waals surface area contributed by atoms with Gasteiger partial charge >= 0.3 is 5.76 Å². The standard InChI is InChI=1S/C20H22N4O3/c1-14(2)12-17(15-8-4-3-5-9-15)22-18(25)13-24-19(23-27-20(24)26)16-10-6-7-11-21-16/h3-11,14,17H,12-13H2,1-2H3,(H,22,25). The molecular formula is C20H22N4O3. The minimum atomic E-state index is -0.689. The lowest BCUT2D eigenvalue weighted by Crippen LogP contribution is -2.34. The molecule has 0 fully saturated rings. The molecule has 7 heteroatoms. The first-order valence-corrected chi connectivity index (χ1v) is 8.87. The van der Waals surface area contributed by atoms with Crippen LogP contribution in [0.3, 0.4) is 0 Å². The number of hydrogen-bond donors (Lipinski definition) is 1. The fourth-order valence-corrected chi connectivity index (χ4v) is 2.91. The average Bonchev–Trinajstić information content (AvgIpc) is 3.03. The van der Waals surface area contributed by atoms with Gasteiger partial charge < -0.3 is 5.32 Å². The molecule has 1 atom stereocenters. The lowest BCUT2D eigenvalue weighted by atomic mass is 9.97. The van der Waals surface area contributed by atoms with Crippen LogP contribution >= 0.6 is 0 Å². The Morgan fingerprint density at radius 2 is 1.89 bits per heavy atom. The van der Waals surface area contributed by atoms with E-state index < -0.39 is 5.76 Å². The van der Waals surface area contributed by atoms with E-state index in [1.165, 1.54) is 4.57 Å². The SMILES string of the molecule is CC(C)CC(NC(=O)Cn1c(-c2ccccn2)noc1=O)c1ccccc1. The number of rotatable bonds is 7. The maximum atomic E-state index is 12.7. The zero-order valence-electron chi connectivity index (χ0n) is 15.3. The summed E-state index contributed by atoms with van der Waals surface area (Å²) in [6, 6.07) is 14.9. The predicted molar refractivity (Wildman–Crippen MR) is 101 cm³/mol. The summed E-state index contributed by atoms with van der Waals surface area (Å²) in [5, 5.41) is 6.78. The Morgan fingerprint density at radius 1 is 1.15 bits per heavy atom. The number of benzene rings is 1. The Balaban J connectivity index is 1.79. The maximum absolute atomic E-state index is 12.7. The van der Waals surface area contributed by atoms with Crippen molar-refractivity contribution in [1.82, 2.24) is 20.0 Å². The van der Waals surface area contributed by atoms with Crippen LogP contribution in [0.1, 0.15) is 31.9 Å². The third-order valence-corrected chi connectivity index (χ3v) is 4.13. The normalized spacial score (nSPS) is 12.1. The van der Waals surface area contributed by atoms with E-state index >= 15 is 0 Å². The highest BCUT2D eigenvalue weighted by Crippen LogP contribution is 2.21. The minimum Gasteiger partial charge on any atom is -0.348 e. The van der Waals surface area contributed by atoms with Crippen molar-refractivity contribution in [3.8, 4) is 11.5 Å². The quantitative estimate of drug-likeness (QED) is 0.694. The fourth-order valence-electron chi connectivity index (χ4n) is 2.91. The van der Waals surface area contributed by atoms with Gasteiger partial charge in [-0.25, -0.2) is 9.36 Å². The molecular weight excluding hydrogens is 344 g/mol. The zero-order valence-corrected chi connectivity index (χ0v) is 15.3. The highest BCUT2D eigenvalue weighted by molar-refractivity contribution is 5.76. The third-order valence-electron chi connectivity index (χ3n) is 4.13. The van der Waals surface area contributed by atoms with Gasteiger partial charge in [0.2, 0.25) is 11.7 Å². The van der Waals surface area contributed by atoms with Crippen LogP contribution in [-0.4, -0.2) is 20.6 Å². The van der Waals surface area contributed by atoms with E-state index in [1.54, 1.807) is 24.4 Å². The summed E-state index contributed by atoms with van der Waals surface area (Å²) in [6.45, 7) is 4.02. The van der Waals surface area contributed by atoms with Crippen LogP contribution in [0, 0.1) is 5.92 Å². The molecule has 2 aromatic heterocycles. The van der Waals surface area contributed by atoms with Crippen molar-refractivity contribution in [2.24, 2.45) is 5.92 Å². The number of carbonyl (C=O) groups is 1. The van der Waals surface area contributed by atoms with Crippen LogP contribution in [0.4, 0.5) is 0 Å². The van der Waals surface area contributed by atoms with Gasteiger partial charge in [0.05, 0.1) is 6.04 Å². The molecule has 1 unspecified atom stereocenters. The maximum Gasteiger partial charge on any atom is 0.442 e. The van der Waals surface area contributed by atoms with Gasteiger partial charge in [-0.05, 0) is 30.0 Å². The summed E-state index contributed by atoms with van der Waals surface area (Å²) in [5.74, 6) is -0.341. The highest BCUT2D eigenvalue weighted by Gasteiger charge is 2.20. The van der Waals surface area contributed by atoms with E-state index in [1.807, 2.05) is 30.3 Å². The van der Waals surface area contributed by atoms with E-state index in [-0.39, 0.29) is 24.3 Å². The van der Waals surface area contributed by atoms with Gasteiger partial charge in [0.25, 0.3) is 0 Å². The van der Waals surface area contributed by atoms with Gasteiger partial charge in [-0.3, -0.25) is 14.3 Å². The molecule has 0 aliphatic rings. The molecule has 3 rings (SSSR count). The molecule has 3 aromatic rings. The van der Waals surface area contributed by atoms with Gasteiger partial charge in [0, 0.05) is 6.20 Å². The molecule has 0 radical (unpaired) electrons. The predicted octanol–water partition coefficient (Wildman–Crippen LogP) is 2.80. The molecule has 1 N–H and O–H groups in total. The monoisotopic (exact) mass is 366 g/mol. The molecule has 2 heterocycles. The van der Waals surface area contributed by atoms with Crippen LogP contribution in [0.2, 0.25) is 0 Å². The third kappa shape index (κ3) is 4.69. The number of aromatic nitrogens is 3. The molecule has 1 amide bonds. The van der Waals surface area contributed by atoms with Crippen LogP contribution < -0.4 is 11.1 Å². The number of amides is 1. The van der Waals surface area contributed by atoms with Crippen molar-refractivity contribution in [2.75, 3.05) is 0 Å². The Bertz CT molecular complexity index is 933. The molecule has 0 spiro atoms. The largest absolute Gasteiger partial charge is 0.442 e. The summed E-state index contributed by atoms with van der Waals surface area (Å²) < 4.78 is 5.93. The first kappa shape index (κ1) is 18.6. The summed E-state index contributed by atoms with van der Waals surface area (Å²) in [6.07, 6.45) is 2.38. The van der Waals surface area contributed by atoms with Gasteiger partial charge in [-0.1, -0.05) is 55.4 Å². The molecule has 140 valence electrons. The van der Waals surface area contributed by atoms with Crippen molar-refractivity contribution in [1.29, 1.82) is 0 Å². The Hall–Kier alpha value is -3.22. The molecule has 0 saturated carbocycles. The molecule has 27 heavy (non-hydrogen) atoms. The van der Waals surface area contributed by atoms with E-state index in [0.29, 0.717) is 11.6 Å². The second-order valence-electron chi connectivity index (χ2n) is 6.73. The summed E-state index contributed by atoms with van der Waals surface area (Å²) in [7, 11) is 0. The number of pyridine rings is 1. The van der Waals surface area contributed by atoms with E-state index in [9.17, 15) is 9.59 Å². The second kappa shape index (κ2) is 8.44. The van der Waals surface area contributed by atoms with Crippen molar-refractivity contribution >= 4 is 5.91 Å². The second-order valence-corrected chi connectivity index (χ2v) is 6.73. The van der Waals surface area contributed by atoms with Crippen LogP contribution in [0.25, 0.3) is 11.5 Å². The van der Waals surface area contributed by atoms with Crippen LogP contribution in [0.15, 0.2) is 64.0 Å². The summed E-state index contributed by atoms with van der Waals surface area (Å²) >= 11 is 0. The van der Waals surface area contributed by atoms with Gasteiger partial charge in [-0.2, -0.15) is 0 Å². The zero-order chi connectivity index (χ0) is 19.2. The van der Waals surface area contributed by atoms with Crippen molar-refractivity contribution in [3.05, 3.63) is 70.8 Å². The van der Waals surface area contributed by atoms with Crippen molar-refractivity contribution < 1.29 is 9.32 Å². The van der Waals surface area contributed by atoms with E-state index in [2.05, 4.69) is 29.3 Å². The van der Waals surface area contributed by atoms with Gasteiger partial charge in [0.15, 0.2) is 0 Å². The molecule has 7 nitrogen and oxygen atoms in total. The number of carbonyl (C=O) groups excluding carboxylic acids is 1. The van der Waals surface area contributed by atoms with Gasteiger partial charge in [-0.15, -0.1) is 0 Å². The van der Waals surface area contributed by atoms with Crippen LogP contribution in [-0.2, 0) is 11.3 Å². The van der Waals surface area contributed by atoms with Crippen molar-refractivity contribution in [3.63, 3.8) is 0 Å². The lowest BCUT2D eigenvalue weighted by molar-refractivity contribution is -0.122. The molecule has 0 aliphatic carbocycles.